The van der Waals surface area contributed by atoms with E-state index < -0.39 is 37.0 Å². The highest BCUT2D eigenvalue weighted by Crippen LogP contribution is 2.37. The Morgan fingerprint density at radius 1 is 0.813 bits per heavy atom. The maximum atomic E-state index is 13.5. The summed E-state index contributed by atoms with van der Waals surface area (Å²) in [5.41, 5.74) is 6.72. The summed E-state index contributed by atoms with van der Waals surface area (Å²) in [5, 5.41) is 38.4. The zero-order valence-corrected chi connectivity index (χ0v) is 57.7. The van der Waals surface area contributed by atoms with E-state index in [1.54, 1.807) is 46.6 Å². The minimum atomic E-state index is -4.07. The molecule has 5 aromatic carbocycles. The molecule has 2 aliphatic heterocycles. The van der Waals surface area contributed by atoms with Gasteiger partial charge in [0.05, 0.1) is 84.9 Å². The van der Waals surface area contributed by atoms with Gasteiger partial charge in [0, 0.05) is 42.5 Å². The summed E-state index contributed by atoms with van der Waals surface area (Å²) < 4.78 is 73.7. The van der Waals surface area contributed by atoms with Crippen LogP contribution in [0.3, 0.4) is 0 Å². The molecule has 1 saturated carbocycles. The summed E-state index contributed by atoms with van der Waals surface area (Å²) in [6, 6.07) is 24.3. The number of aryl methyl sites for hydroxylation is 4. The fraction of sp³-hybridized carbons (Fsp3) is 0.344. The van der Waals surface area contributed by atoms with Crippen LogP contribution < -0.4 is 25.1 Å². The number of nitrogens with one attached hydrogen (secondary N) is 2. The van der Waals surface area contributed by atoms with E-state index in [1.807, 2.05) is 76.7 Å². The summed E-state index contributed by atoms with van der Waals surface area (Å²) >= 11 is 3.99. The van der Waals surface area contributed by atoms with Crippen LogP contribution in [0.25, 0.3) is 11.1 Å². The van der Waals surface area contributed by atoms with Crippen LogP contribution in [0.4, 0.5) is 0 Å². The Kier molecular flexibility index (Phi) is 23.3. The number of carbonyl (C=O) groups excluding carboxylic acids is 4. The molecule has 0 unspecified atom stereocenters. The number of aromatic hydroxyl groups is 2. The minimum absolute atomic E-state index is 0.0493. The number of hydrogen-bond donors (Lipinski definition) is 4. The van der Waals surface area contributed by atoms with E-state index >= 15 is 0 Å². The van der Waals surface area contributed by atoms with Crippen molar-refractivity contribution in [2.24, 2.45) is 17.6 Å². The van der Waals surface area contributed by atoms with Crippen LogP contribution >= 0.6 is 45.2 Å². The Morgan fingerprint density at radius 2 is 1.43 bits per heavy atom. The number of sulfonamides is 1. The van der Waals surface area contributed by atoms with E-state index in [-0.39, 0.29) is 67.3 Å². The lowest BCUT2D eigenvalue weighted by atomic mass is 9.91. The third-order valence-electron chi connectivity index (χ3n) is 14.5. The van der Waals surface area contributed by atoms with Crippen LogP contribution in [-0.4, -0.2) is 115 Å². The fourth-order valence-electron chi connectivity index (χ4n) is 9.60. The lowest BCUT2D eigenvalue weighted by Crippen LogP contribution is -2.31. The first-order chi connectivity index (χ1) is 42.9. The molecule has 0 spiro atoms. The van der Waals surface area contributed by atoms with Gasteiger partial charge in [0.1, 0.15) is 29.2 Å². The monoisotopic (exact) mass is 1510 g/mol. The SMILES string of the molecule is CCc1cc(C)cc(CC)c1-c1c(OC(=O)C(C)(C)C)n2n(c1=O)CCOCC2.COc1ccccc1C(=O)NS(=O)(=O)c1ccc(C(=O)NC2CC2)cc1.Cc1c(C(=O)c2cnn(C)c2O)ccc(S(C)(=O)=O)c1C1=NOCC1.N#Cc1cc(I)c(O)c(I)c1. The van der Waals surface area contributed by atoms with Gasteiger partial charge < -0.3 is 34.6 Å². The molecule has 0 atom stereocenters. The second-order valence-corrected chi connectivity index (χ2v) is 28.3. The highest BCUT2D eigenvalue weighted by Gasteiger charge is 2.33. The molecule has 1 fully saturated rings. The number of ether oxygens (including phenoxy) is 3. The average molecular weight is 1510 g/mol. The smallest absolute Gasteiger partial charge is 0.317 e. The van der Waals surface area contributed by atoms with Gasteiger partial charge in [0.15, 0.2) is 15.6 Å². The van der Waals surface area contributed by atoms with Crippen molar-refractivity contribution >= 4 is 94.3 Å². The standard InChI is InChI=1S/C23H32N2O4.C18H18N2O5S.C16H17N3O5S.C7H3I2NO/c1-7-16-13-15(3)14-17(8-2)18(16)19-20(26)24-9-11-28-12-10-25(24)21(19)29-22(27)23(4,5)6;1-25-16-5-3-2-4-15(16)18(22)20-26(23,24)14-10-6-12(7-11-14)17(21)19-13-8-9-13;1-9-10(15(20)11-8-17-19(2)16(11)21)4-5-13(25(3,22)23)14(9)12-6-7-24-18-12;8-5-1-4(3-10)2-6(9)7(5)11/h13-14H,7-12H2,1-6H3;2-7,10-11,13H,8-9H2,1H3,(H,19,21)(H,20,22);4-5,8,21H,6-7H2,1-3H3;1-2,11H. The number of carbonyl (C=O) groups is 4. The number of methoxy groups -OCH3 is 1. The zero-order chi connectivity index (χ0) is 66.9. The van der Waals surface area contributed by atoms with E-state index in [0.29, 0.717) is 85.9 Å². The van der Waals surface area contributed by atoms with Gasteiger partial charge in [-0.2, -0.15) is 10.4 Å². The number of sulfone groups is 1. The maximum absolute atomic E-state index is 13.5. The van der Waals surface area contributed by atoms with E-state index in [1.165, 1.54) is 73.1 Å². The number of phenols is 1. The molecule has 482 valence electrons. The van der Waals surface area contributed by atoms with Gasteiger partial charge in [-0.3, -0.25) is 24.0 Å². The van der Waals surface area contributed by atoms with Crippen LogP contribution in [0.15, 0.2) is 111 Å². The highest BCUT2D eigenvalue weighted by atomic mass is 127. The predicted molar refractivity (Wildman–Crippen MR) is 356 cm³/mol. The quantitative estimate of drug-likeness (QED) is 0.0448. The molecule has 2 amide bonds. The van der Waals surface area contributed by atoms with E-state index in [2.05, 4.69) is 48.5 Å². The molecule has 7 aromatic rings. The molecule has 1 aliphatic carbocycles. The predicted octanol–water partition coefficient (Wildman–Crippen LogP) is 9.10. The number of halogens is 2. The number of rotatable bonds is 14. The van der Waals surface area contributed by atoms with Crippen molar-refractivity contribution in [3.8, 4) is 40.5 Å². The number of fused-ring (bicyclic) bond motifs is 1. The highest BCUT2D eigenvalue weighted by molar-refractivity contribution is 14.1. The van der Waals surface area contributed by atoms with Crippen LogP contribution in [0.2, 0.25) is 0 Å². The van der Waals surface area contributed by atoms with Gasteiger partial charge in [-0.1, -0.05) is 48.8 Å². The number of ketones is 1. The van der Waals surface area contributed by atoms with Crippen LogP contribution in [0.1, 0.15) is 124 Å². The van der Waals surface area contributed by atoms with Crippen LogP contribution in [0.5, 0.6) is 23.3 Å². The number of phenolic OH excluding ortho intramolecular Hbond substituents is 1. The third-order valence-corrected chi connectivity index (χ3v) is 18.7. The number of nitriles is 1. The molecule has 4 N–H and O–H groups in total. The largest absolute Gasteiger partial charge is 0.506 e. The molecular weight excluding hydrogens is 1440 g/mol. The average Bonchev–Trinajstić information content (AvgIpc) is 1.67. The van der Waals surface area contributed by atoms with Gasteiger partial charge >= 0.3 is 5.97 Å². The van der Waals surface area contributed by atoms with E-state index in [4.69, 9.17) is 24.3 Å². The van der Waals surface area contributed by atoms with Crippen molar-refractivity contribution in [2.45, 2.75) is 109 Å². The molecule has 0 bridgehead atoms. The summed E-state index contributed by atoms with van der Waals surface area (Å²) in [5.74, 6) is -1.21. The Hall–Kier alpha value is -7.92. The van der Waals surface area contributed by atoms with Crippen molar-refractivity contribution in [3.05, 3.63) is 164 Å². The van der Waals surface area contributed by atoms with Crippen molar-refractivity contribution in [2.75, 3.05) is 33.2 Å². The first kappa shape index (κ1) is 70.5. The minimum Gasteiger partial charge on any atom is -0.506 e. The second-order valence-electron chi connectivity index (χ2n) is 22.3. The van der Waals surface area contributed by atoms with Gasteiger partial charge in [0.2, 0.25) is 11.8 Å². The normalized spacial score (nSPS) is 13.5. The molecule has 91 heavy (non-hydrogen) atoms. The molecule has 23 nitrogen and oxygen atoms in total. The Labute approximate surface area is 555 Å². The van der Waals surface area contributed by atoms with E-state index in [0.717, 1.165) is 48.6 Å². The fourth-order valence-corrected chi connectivity index (χ4v) is 13.3. The van der Waals surface area contributed by atoms with Crippen molar-refractivity contribution in [3.63, 3.8) is 0 Å². The molecule has 27 heteroatoms. The number of para-hydroxylation sites is 1. The van der Waals surface area contributed by atoms with Gasteiger partial charge in [-0.15, -0.1) is 0 Å². The van der Waals surface area contributed by atoms with Gasteiger partial charge in [-0.25, -0.2) is 35.6 Å². The summed E-state index contributed by atoms with van der Waals surface area (Å²) in [7, 11) is -4.68. The van der Waals surface area contributed by atoms with Crippen molar-refractivity contribution < 1.29 is 65.3 Å². The Bertz CT molecular complexity index is 4260. The Morgan fingerprint density at radius 3 is 1.96 bits per heavy atom. The van der Waals surface area contributed by atoms with Crippen molar-refractivity contribution in [1.29, 1.82) is 5.26 Å². The number of oxime groups is 1. The summed E-state index contributed by atoms with van der Waals surface area (Å²) in [6.07, 6.45) is 6.36. The van der Waals surface area contributed by atoms with E-state index in [9.17, 15) is 51.0 Å². The molecule has 3 aliphatic rings. The maximum Gasteiger partial charge on any atom is 0.317 e. The lowest BCUT2D eigenvalue weighted by Gasteiger charge is -2.19. The number of amides is 2. The van der Waals surface area contributed by atoms with Crippen molar-refractivity contribution in [1.82, 2.24) is 29.2 Å². The first-order valence-electron chi connectivity index (χ1n) is 28.7. The molecule has 0 radical (unpaired) electrons. The number of benzene rings is 5. The van der Waals surface area contributed by atoms with Crippen LogP contribution in [0, 0.1) is 37.7 Å². The number of nitrogens with zero attached hydrogens (tertiary/aromatic N) is 6. The summed E-state index contributed by atoms with van der Waals surface area (Å²) in [6.45, 7) is 15.6. The van der Waals surface area contributed by atoms with Gasteiger partial charge in [0.25, 0.3) is 27.4 Å². The Balaban J connectivity index is 0.000000179. The molecule has 10 rings (SSSR count). The topological polar surface area (TPSA) is 319 Å². The number of aromatic nitrogens is 4. The third kappa shape index (κ3) is 17.0. The second kappa shape index (κ2) is 30.0. The molecular formula is C64H70I2N8O15S2. The molecule has 0 saturated heterocycles. The lowest BCUT2D eigenvalue weighted by molar-refractivity contribution is -0.143. The first-order valence-corrected chi connectivity index (χ1v) is 34.2. The number of esters is 1. The molecule has 2 aromatic heterocycles. The molecule has 4 heterocycles. The number of hydrogen-bond acceptors (Lipinski definition) is 18. The van der Waals surface area contributed by atoms with Gasteiger partial charge in [-0.05, 0) is 188 Å². The van der Waals surface area contributed by atoms with Crippen LogP contribution in [-0.2, 0) is 67.2 Å². The summed E-state index contributed by atoms with van der Waals surface area (Å²) in [4.78, 5) is 68.3. The zero-order valence-electron chi connectivity index (χ0n) is 51.8.